The van der Waals surface area contributed by atoms with Crippen molar-refractivity contribution >= 4 is 21.8 Å². The average molecular weight is 493 g/mol. The van der Waals surface area contributed by atoms with E-state index in [0.29, 0.717) is 44.1 Å². The van der Waals surface area contributed by atoms with Crippen LogP contribution in [0.1, 0.15) is 88.0 Å². The summed E-state index contributed by atoms with van der Waals surface area (Å²) < 4.78 is 28.1. The van der Waals surface area contributed by atoms with Gasteiger partial charge in [-0.05, 0) is 50.5 Å². The molecule has 190 valence electrons. The van der Waals surface area contributed by atoms with E-state index in [1.807, 2.05) is 0 Å². The van der Waals surface area contributed by atoms with Crippen molar-refractivity contribution < 1.29 is 18.0 Å². The van der Waals surface area contributed by atoms with Crippen molar-refractivity contribution in [2.75, 3.05) is 26.2 Å². The Morgan fingerprint density at radius 3 is 2.32 bits per heavy atom. The normalized spacial score (nSPS) is 24.4. The lowest BCUT2D eigenvalue weighted by Gasteiger charge is -2.32. The highest BCUT2D eigenvalue weighted by Crippen LogP contribution is 2.26. The maximum Gasteiger partial charge on any atom is 0.270 e. The fourth-order valence-electron chi connectivity index (χ4n) is 5.47. The van der Waals surface area contributed by atoms with E-state index in [0.717, 1.165) is 38.5 Å². The quantitative estimate of drug-likeness (QED) is 0.656. The number of nitrogens with zero attached hydrogens (tertiary/aromatic N) is 2. The molecule has 1 atom stereocenters. The van der Waals surface area contributed by atoms with Gasteiger partial charge >= 0.3 is 0 Å². The first kappa shape index (κ1) is 25.2. The van der Waals surface area contributed by atoms with Gasteiger partial charge in [0, 0.05) is 38.4 Å². The zero-order valence-corrected chi connectivity index (χ0v) is 21.2. The maximum absolute atomic E-state index is 13.3. The van der Waals surface area contributed by atoms with E-state index in [-0.39, 0.29) is 35.2 Å². The number of hydrogen-bond acceptors (Lipinski definition) is 4. The van der Waals surface area contributed by atoms with Gasteiger partial charge in [0.25, 0.3) is 5.91 Å². The van der Waals surface area contributed by atoms with Crippen LogP contribution in [-0.4, -0.2) is 66.6 Å². The Kier molecular flexibility index (Phi) is 8.34. The number of aromatic amines is 1. The predicted octanol–water partition coefficient (Wildman–Crippen LogP) is 3.52. The molecule has 1 aliphatic carbocycles. The van der Waals surface area contributed by atoms with Crippen molar-refractivity contribution in [3.8, 4) is 0 Å². The molecule has 0 unspecified atom stereocenters. The zero-order chi connectivity index (χ0) is 24.1. The van der Waals surface area contributed by atoms with Gasteiger partial charge in [-0.1, -0.05) is 39.0 Å². The molecule has 4 rings (SSSR count). The van der Waals surface area contributed by atoms with Crippen LogP contribution in [0.4, 0.5) is 0 Å². The molecule has 1 aromatic rings. The van der Waals surface area contributed by atoms with Crippen LogP contribution in [0.25, 0.3) is 0 Å². The van der Waals surface area contributed by atoms with Crippen LogP contribution in [0.15, 0.2) is 17.2 Å². The largest absolute Gasteiger partial charge is 0.356 e. The summed E-state index contributed by atoms with van der Waals surface area (Å²) in [5, 5.41) is 3.21. The number of rotatable bonds is 5. The molecule has 0 radical (unpaired) electrons. The van der Waals surface area contributed by atoms with Gasteiger partial charge in [0.15, 0.2) is 0 Å². The number of carbonyl (C=O) groups excluding carboxylic acids is 2. The van der Waals surface area contributed by atoms with Crippen LogP contribution < -0.4 is 5.32 Å². The van der Waals surface area contributed by atoms with Crippen molar-refractivity contribution in [3.05, 3.63) is 18.0 Å². The molecule has 2 saturated heterocycles. The van der Waals surface area contributed by atoms with Crippen molar-refractivity contribution in [2.45, 2.75) is 88.5 Å². The smallest absolute Gasteiger partial charge is 0.270 e. The molecule has 1 aromatic heterocycles. The van der Waals surface area contributed by atoms with Crippen LogP contribution in [-0.2, 0) is 14.8 Å². The maximum atomic E-state index is 13.3. The monoisotopic (exact) mass is 492 g/mol. The van der Waals surface area contributed by atoms with Gasteiger partial charge in [0.2, 0.25) is 15.9 Å². The van der Waals surface area contributed by atoms with Gasteiger partial charge in [-0.2, -0.15) is 4.31 Å². The molecular weight excluding hydrogens is 452 g/mol. The molecule has 0 bridgehead atoms. The van der Waals surface area contributed by atoms with E-state index in [2.05, 4.69) is 17.2 Å². The molecule has 34 heavy (non-hydrogen) atoms. The number of nitrogens with one attached hydrogen (secondary N) is 2. The third kappa shape index (κ3) is 6.03. The number of aromatic nitrogens is 1. The molecule has 8 nitrogen and oxygen atoms in total. The minimum Gasteiger partial charge on any atom is -0.356 e. The molecule has 1 saturated carbocycles. The van der Waals surface area contributed by atoms with Crippen molar-refractivity contribution in [2.24, 2.45) is 11.8 Å². The number of carbonyl (C=O) groups is 2. The molecule has 2 aliphatic heterocycles. The SMILES string of the molecule is CC1CCN(C(=O)c2cc(S(=O)(=O)N3CCC[C@H](C(=O)NC4CCCCCCC4)C3)c[nH]2)CC1. The van der Waals surface area contributed by atoms with Crippen LogP contribution in [0.2, 0.25) is 0 Å². The lowest BCUT2D eigenvalue weighted by molar-refractivity contribution is -0.126. The highest BCUT2D eigenvalue weighted by atomic mass is 32.2. The van der Waals surface area contributed by atoms with Crippen LogP contribution in [0.5, 0.6) is 0 Å². The summed E-state index contributed by atoms with van der Waals surface area (Å²) in [6.07, 6.45) is 12.7. The van der Waals surface area contributed by atoms with E-state index < -0.39 is 10.0 Å². The second-order valence-corrected chi connectivity index (χ2v) is 12.4. The molecule has 3 fully saturated rings. The Morgan fingerprint density at radius 1 is 0.941 bits per heavy atom. The first-order chi connectivity index (χ1) is 16.3. The van der Waals surface area contributed by atoms with Gasteiger partial charge in [-0.3, -0.25) is 9.59 Å². The predicted molar refractivity (Wildman–Crippen MR) is 131 cm³/mol. The number of sulfonamides is 1. The zero-order valence-electron chi connectivity index (χ0n) is 20.4. The summed E-state index contributed by atoms with van der Waals surface area (Å²) >= 11 is 0. The summed E-state index contributed by atoms with van der Waals surface area (Å²) in [4.78, 5) is 30.6. The van der Waals surface area contributed by atoms with Gasteiger partial charge < -0.3 is 15.2 Å². The first-order valence-electron chi connectivity index (χ1n) is 13.1. The molecule has 9 heteroatoms. The lowest BCUT2D eigenvalue weighted by Crippen LogP contribution is -2.47. The summed E-state index contributed by atoms with van der Waals surface area (Å²) in [6, 6.07) is 1.66. The van der Waals surface area contributed by atoms with E-state index in [1.165, 1.54) is 35.8 Å². The summed E-state index contributed by atoms with van der Waals surface area (Å²) in [5.74, 6) is 0.113. The molecular formula is C25H40N4O4S. The Morgan fingerprint density at radius 2 is 1.62 bits per heavy atom. The topological polar surface area (TPSA) is 103 Å². The van der Waals surface area contributed by atoms with E-state index in [1.54, 1.807) is 4.90 Å². The fourth-order valence-corrected chi connectivity index (χ4v) is 6.99. The summed E-state index contributed by atoms with van der Waals surface area (Å²) in [7, 11) is -3.77. The van der Waals surface area contributed by atoms with Crippen LogP contribution in [0.3, 0.4) is 0 Å². The minimum atomic E-state index is -3.77. The average Bonchev–Trinajstić information content (AvgIpc) is 3.32. The van der Waals surface area contributed by atoms with Gasteiger partial charge in [-0.15, -0.1) is 0 Å². The van der Waals surface area contributed by atoms with Crippen molar-refractivity contribution in [1.82, 2.24) is 19.5 Å². The van der Waals surface area contributed by atoms with E-state index >= 15 is 0 Å². The molecule has 3 aliphatic rings. The van der Waals surface area contributed by atoms with Gasteiger partial charge in [0.1, 0.15) is 10.6 Å². The molecule has 2 N–H and O–H groups in total. The Bertz CT molecular complexity index is 944. The Balaban J connectivity index is 1.37. The van der Waals surface area contributed by atoms with Gasteiger partial charge in [0.05, 0.1) is 5.92 Å². The molecule has 2 amide bonds. The lowest BCUT2D eigenvalue weighted by atomic mass is 9.94. The molecule has 0 aromatic carbocycles. The minimum absolute atomic E-state index is 0.0188. The highest BCUT2D eigenvalue weighted by molar-refractivity contribution is 7.89. The number of H-pyrrole nitrogens is 1. The molecule has 3 heterocycles. The first-order valence-corrected chi connectivity index (χ1v) is 14.6. The third-order valence-corrected chi connectivity index (χ3v) is 9.64. The number of likely N-dealkylation sites (tertiary alicyclic amines) is 1. The van der Waals surface area contributed by atoms with Crippen molar-refractivity contribution in [1.29, 1.82) is 0 Å². The third-order valence-electron chi connectivity index (χ3n) is 7.80. The Labute approximate surface area is 203 Å². The fraction of sp³-hybridized carbons (Fsp3) is 0.760. The van der Waals surface area contributed by atoms with Crippen molar-refractivity contribution in [3.63, 3.8) is 0 Å². The highest BCUT2D eigenvalue weighted by Gasteiger charge is 2.35. The van der Waals surface area contributed by atoms with Crippen LogP contribution >= 0.6 is 0 Å². The van der Waals surface area contributed by atoms with Crippen LogP contribution in [0, 0.1) is 11.8 Å². The standard InChI is InChI=1S/C25H40N4O4S/c1-19-11-14-28(15-12-19)25(31)23-16-22(17-26-23)34(32,33)29-13-7-8-20(18-29)24(30)27-21-9-5-3-2-4-6-10-21/h16-17,19-21,26H,2-15,18H2,1H3,(H,27,30)/t20-/m0/s1. The Hall–Kier alpha value is -1.87. The number of amides is 2. The molecule has 0 spiro atoms. The second kappa shape index (κ2) is 11.2. The van der Waals surface area contributed by atoms with E-state index in [9.17, 15) is 18.0 Å². The summed E-state index contributed by atoms with van der Waals surface area (Å²) in [5.41, 5.74) is 0.309. The number of hydrogen-bond donors (Lipinski definition) is 2. The second-order valence-electron chi connectivity index (χ2n) is 10.5. The van der Waals surface area contributed by atoms with Gasteiger partial charge in [-0.25, -0.2) is 8.42 Å². The van der Waals surface area contributed by atoms with E-state index in [4.69, 9.17) is 0 Å². The number of piperidine rings is 2. The summed E-state index contributed by atoms with van der Waals surface area (Å²) in [6.45, 7) is 4.18.